The highest BCUT2D eigenvalue weighted by Gasteiger charge is 2.03. The van der Waals surface area contributed by atoms with Crippen molar-refractivity contribution in [3.63, 3.8) is 0 Å². The lowest BCUT2D eigenvalue weighted by Gasteiger charge is -2.12. The van der Waals surface area contributed by atoms with Crippen LogP contribution in [0.1, 0.15) is 24.0 Å². The number of aliphatic imine (C=N–C) groups is 1. The summed E-state index contributed by atoms with van der Waals surface area (Å²) in [6.07, 6.45) is 7.47. The summed E-state index contributed by atoms with van der Waals surface area (Å²) in [6, 6.07) is 5.20. The highest BCUT2D eigenvalue weighted by molar-refractivity contribution is 14.0. The lowest BCUT2D eigenvalue weighted by molar-refractivity contribution is 0.601. The van der Waals surface area contributed by atoms with E-state index in [-0.39, 0.29) is 29.8 Å². The van der Waals surface area contributed by atoms with E-state index in [4.69, 9.17) is 0 Å². The van der Waals surface area contributed by atoms with Gasteiger partial charge < -0.3 is 10.6 Å². The van der Waals surface area contributed by atoms with Gasteiger partial charge in [-0.05, 0) is 48.9 Å². The molecule has 0 unspecified atom stereocenters. The van der Waals surface area contributed by atoms with Gasteiger partial charge in [-0.2, -0.15) is 5.10 Å². The van der Waals surface area contributed by atoms with Crippen LogP contribution < -0.4 is 10.6 Å². The van der Waals surface area contributed by atoms with Crippen molar-refractivity contribution in [1.82, 2.24) is 20.4 Å². The predicted octanol–water partition coefficient (Wildman–Crippen LogP) is 3.67. The second kappa shape index (κ2) is 12.3. The number of benzene rings is 1. The SMILES string of the molecule is CN=C(NCCCc1cnn(C)c1)NCCCc1ccc(Br)cc1F.I. The fourth-order valence-electron chi connectivity index (χ4n) is 2.53. The van der Waals surface area contributed by atoms with Crippen LogP contribution in [-0.2, 0) is 19.9 Å². The number of hydrogen-bond acceptors (Lipinski definition) is 2. The molecule has 2 rings (SSSR count). The maximum Gasteiger partial charge on any atom is 0.190 e. The minimum Gasteiger partial charge on any atom is -0.356 e. The number of halogens is 3. The van der Waals surface area contributed by atoms with Gasteiger partial charge in [-0.1, -0.05) is 22.0 Å². The number of nitrogens with zero attached hydrogens (tertiary/aromatic N) is 3. The van der Waals surface area contributed by atoms with E-state index in [0.717, 1.165) is 48.3 Å². The molecule has 5 nitrogen and oxygen atoms in total. The van der Waals surface area contributed by atoms with E-state index in [1.807, 2.05) is 36.3 Å². The van der Waals surface area contributed by atoms with Gasteiger partial charge in [0.25, 0.3) is 0 Å². The van der Waals surface area contributed by atoms with E-state index in [1.165, 1.54) is 11.6 Å². The third-order valence-electron chi connectivity index (χ3n) is 3.85. The summed E-state index contributed by atoms with van der Waals surface area (Å²) in [6.45, 7) is 1.59. The van der Waals surface area contributed by atoms with Crippen molar-refractivity contribution in [3.8, 4) is 0 Å². The molecule has 1 heterocycles. The molecule has 1 aromatic carbocycles. The molecule has 1 aromatic heterocycles. The number of hydrogen-bond donors (Lipinski definition) is 2. The summed E-state index contributed by atoms with van der Waals surface area (Å²) in [7, 11) is 3.68. The Kier molecular flexibility index (Phi) is 10.8. The molecule has 0 aliphatic heterocycles. The maximum absolute atomic E-state index is 13.8. The fourth-order valence-corrected chi connectivity index (χ4v) is 2.86. The molecule has 0 bridgehead atoms. The van der Waals surface area contributed by atoms with Crippen molar-refractivity contribution in [1.29, 1.82) is 0 Å². The number of aromatic nitrogens is 2. The highest BCUT2D eigenvalue weighted by Crippen LogP contribution is 2.16. The molecule has 0 aliphatic carbocycles. The van der Waals surface area contributed by atoms with Crippen molar-refractivity contribution < 1.29 is 4.39 Å². The van der Waals surface area contributed by atoms with E-state index >= 15 is 0 Å². The van der Waals surface area contributed by atoms with Crippen molar-refractivity contribution >= 4 is 45.9 Å². The molecule has 0 atom stereocenters. The molecule has 0 spiro atoms. The Bertz CT molecular complexity index is 705. The molecule has 0 fully saturated rings. The van der Waals surface area contributed by atoms with Crippen LogP contribution >= 0.6 is 39.9 Å². The van der Waals surface area contributed by atoms with E-state index < -0.39 is 0 Å². The third kappa shape index (κ3) is 8.03. The summed E-state index contributed by atoms with van der Waals surface area (Å²) >= 11 is 3.27. The first-order valence-electron chi connectivity index (χ1n) is 8.44. The van der Waals surface area contributed by atoms with Crippen LogP contribution in [0.3, 0.4) is 0 Å². The molecule has 0 amide bonds. The average Bonchev–Trinajstić information content (AvgIpc) is 3.00. The van der Waals surface area contributed by atoms with Crippen molar-refractivity contribution in [2.75, 3.05) is 20.1 Å². The zero-order valence-corrected chi connectivity index (χ0v) is 19.1. The fraction of sp³-hybridized carbons (Fsp3) is 0.444. The van der Waals surface area contributed by atoms with Crippen LogP contribution in [0.4, 0.5) is 4.39 Å². The van der Waals surface area contributed by atoms with E-state index in [1.54, 1.807) is 7.05 Å². The van der Waals surface area contributed by atoms with Gasteiger partial charge >= 0.3 is 0 Å². The zero-order valence-electron chi connectivity index (χ0n) is 15.1. The van der Waals surface area contributed by atoms with Crippen molar-refractivity contribution in [3.05, 3.63) is 52.0 Å². The molecular weight excluding hydrogens is 512 g/mol. The summed E-state index contributed by atoms with van der Waals surface area (Å²) in [5, 5.41) is 10.7. The Morgan fingerprint density at radius 1 is 1.23 bits per heavy atom. The standard InChI is InChI=1S/C18H25BrFN5.HI/c1-21-18(22-9-3-5-14-12-24-25(2)13-14)23-10-4-6-15-7-8-16(19)11-17(15)20;/h7-8,11-13H,3-6,9-10H2,1-2H3,(H2,21,22,23);1H. The Labute approximate surface area is 180 Å². The summed E-state index contributed by atoms with van der Waals surface area (Å²) in [4.78, 5) is 4.21. The van der Waals surface area contributed by atoms with Crippen LogP contribution in [0.15, 0.2) is 40.1 Å². The van der Waals surface area contributed by atoms with E-state index in [2.05, 4.69) is 36.7 Å². The molecule has 0 radical (unpaired) electrons. The molecule has 2 N–H and O–H groups in total. The molecule has 0 saturated carbocycles. The van der Waals surface area contributed by atoms with Crippen molar-refractivity contribution in [2.24, 2.45) is 12.0 Å². The first-order chi connectivity index (χ1) is 12.1. The van der Waals surface area contributed by atoms with E-state index in [0.29, 0.717) is 6.42 Å². The Balaban J connectivity index is 0.00000338. The Morgan fingerprint density at radius 3 is 2.50 bits per heavy atom. The molecule has 2 aromatic rings. The third-order valence-corrected chi connectivity index (χ3v) is 4.34. The maximum atomic E-state index is 13.8. The second-order valence-electron chi connectivity index (χ2n) is 5.89. The molecule has 8 heteroatoms. The van der Waals surface area contributed by atoms with Crippen LogP contribution in [-0.4, -0.2) is 35.9 Å². The molecule has 144 valence electrons. The van der Waals surface area contributed by atoms with Crippen LogP contribution in [0.25, 0.3) is 0 Å². The van der Waals surface area contributed by atoms with Gasteiger partial charge in [0.15, 0.2) is 5.96 Å². The summed E-state index contributed by atoms with van der Waals surface area (Å²) in [5.74, 6) is 0.620. The van der Waals surface area contributed by atoms with Gasteiger partial charge in [-0.3, -0.25) is 9.67 Å². The lowest BCUT2D eigenvalue weighted by Crippen LogP contribution is -2.38. The average molecular weight is 538 g/mol. The van der Waals surface area contributed by atoms with Crippen LogP contribution in [0.5, 0.6) is 0 Å². The van der Waals surface area contributed by atoms with Gasteiger partial charge in [0, 0.05) is 37.9 Å². The summed E-state index contributed by atoms with van der Waals surface area (Å²) in [5.41, 5.74) is 1.98. The quantitative estimate of drug-likeness (QED) is 0.234. The highest BCUT2D eigenvalue weighted by atomic mass is 127. The monoisotopic (exact) mass is 537 g/mol. The number of nitrogens with one attached hydrogen (secondary N) is 2. The first kappa shape index (κ1) is 22.9. The van der Waals surface area contributed by atoms with E-state index in [9.17, 15) is 4.39 Å². The zero-order chi connectivity index (χ0) is 18.1. The van der Waals surface area contributed by atoms with Gasteiger partial charge in [-0.25, -0.2) is 4.39 Å². The van der Waals surface area contributed by atoms with Gasteiger partial charge in [0.1, 0.15) is 5.82 Å². The van der Waals surface area contributed by atoms with Gasteiger partial charge in [-0.15, -0.1) is 24.0 Å². The minimum atomic E-state index is -0.160. The van der Waals surface area contributed by atoms with Crippen LogP contribution in [0, 0.1) is 5.82 Å². The molecule has 0 aliphatic rings. The Morgan fingerprint density at radius 2 is 1.92 bits per heavy atom. The second-order valence-corrected chi connectivity index (χ2v) is 6.81. The Hall–Kier alpha value is -1.16. The molecular formula is C18H26BrFIN5. The smallest absolute Gasteiger partial charge is 0.190 e. The number of aryl methyl sites for hydroxylation is 3. The van der Waals surface area contributed by atoms with Crippen LogP contribution in [0.2, 0.25) is 0 Å². The normalized spacial score (nSPS) is 11.2. The molecule has 26 heavy (non-hydrogen) atoms. The van der Waals surface area contributed by atoms with Crippen molar-refractivity contribution in [2.45, 2.75) is 25.7 Å². The largest absolute Gasteiger partial charge is 0.356 e. The minimum absolute atomic E-state index is 0. The predicted molar refractivity (Wildman–Crippen MR) is 119 cm³/mol. The lowest BCUT2D eigenvalue weighted by atomic mass is 10.1. The van der Waals surface area contributed by atoms with Gasteiger partial charge in [0.2, 0.25) is 0 Å². The number of rotatable bonds is 8. The number of guanidine groups is 1. The first-order valence-corrected chi connectivity index (χ1v) is 9.23. The summed E-state index contributed by atoms with van der Waals surface area (Å²) < 4.78 is 16.3. The molecule has 0 saturated heterocycles. The topological polar surface area (TPSA) is 54.2 Å². The van der Waals surface area contributed by atoms with Gasteiger partial charge in [0.05, 0.1) is 6.20 Å².